The molecular formula is C7H7BrFNO2S. The summed E-state index contributed by atoms with van der Waals surface area (Å²) in [5, 5.41) is 0. The summed E-state index contributed by atoms with van der Waals surface area (Å²) in [6, 6.07) is 2.04. The topological polar surface area (TPSA) is 60.2 Å². The van der Waals surface area contributed by atoms with E-state index in [2.05, 4.69) is 15.9 Å². The number of hydrogen-bond donors (Lipinski definition) is 1. The van der Waals surface area contributed by atoms with Gasteiger partial charge < -0.3 is 5.73 Å². The molecule has 0 aromatic heterocycles. The summed E-state index contributed by atoms with van der Waals surface area (Å²) in [5.41, 5.74) is 5.27. The summed E-state index contributed by atoms with van der Waals surface area (Å²) >= 11 is 2.93. The Morgan fingerprint density at radius 1 is 1.46 bits per heavy atom. The molecule has 13 heavy (non-hydrogen) atoms. The second-order valence-corrected chi connectivity index (χ2v) is 5.39. The number of hydrogen-bond acceptors (Lipinski definition) is 3. The zero-order valence-corrected chi connectivity index (χ0v) is 9.12. The summed E-state index contributed by atoms with van der Waals surface area (Å²) in [6.45, 7) is 0. The van der Waals surface area contributed by atoms with Crippen molar-refractivity contribution < 1.29 is 12.8 Å². The van der Waals surface area contributed by atoms with E-state index in [1.54, 1.807) is 0 Å². The van der Waals surface area contributed by atoms with E-state index in [1.165, 1.54) is 0 Å². The van der Waals surface area contributed by atoms with E-state index in [1.807, 2.05) is 0 Å². The molecule has 0 fully saturated rings. The van der Waals surface area contributed by atoms with Gasteiger partial charge in [0, 0.05) is 10.7 Å². The minimum atomic E-state index is -3.42. The van der Waals surface area contributed by atoms with E-state index in [-0.39, 0.29) is 15.1 Å². The molecule has 0 heterocycles. The van der Waals surface area contributed by atoms with E-state index in [9.17, 15) is 12.8 Å². The van der Waals surface area contributed by atoms with Crippen molar-refractivity contribution in [1.82, 2.24) is 0 Å². The molecular weight excluding hydrogens is 261 g/mol. The summed E-state index contributed by atoms with van der Waals surface area (Å²) in [6.07, 6.45) is 1.02. The van der Waals surface area contributed by atoms with Crippen molar-refractivity contribution >= 4 is 31.5 Å². The Hall–Kier alpha value is -0.620. The summed E-state index contributed by atoms with van der Waals surface area (Å²) < 4.78 is 35.1. The van der Waals surface area contributed by atoms with Crippen LogP contribution in [0.25, 0.3) is 0 Å². The fraction of sp³-hybridized carbons (Fsp3) is 0.143. The molecule has 0 amide bonds. The standard InChI is InChI=1S/C7H7BrFNO2S/c1-13(11,12)7-5(8)2-4(9)3-6(7)10/h2-3H,10H2,1H3. The first-order chi connectivity index (χ1) is 5.82. The first-order valence-corrected chi connectivity index (χ1v) is 5.95. The Bertz CT molecular complexity index is 421. The average Bonchev–Trinajstić information content (AvgIpc) is 1.78. The number of nitrogen functional groups attached to an aromatic ring is 1. The van der Waals surface area contributed by atoms with Gasteiger partial charge in [0.2, 0.25) is 0 Å². The Morgan fingerprint density at radius 2 is 2.00 bits per heavy atom. The molecule has 0 radical (unpaired) electrons. The van der Waals surface area contributed by atoms with Crippen molar-refractivity contribution in [1.29, 1.82) is 0 Å². The van der Waals surface area contributed by atoms with E-state index < -0.39 is 15.7 Å². The maximum atomic E-state index is 12.7. The van der Waals surface area contributed by atoms with Crippen LogP contribution in [0.15, 0.2) is 21.5 Å². The minimum absolute atomic E-state index is 0.0751. The van der Waals surface area contributed by atoms with E-state index in [0.717, 1.165) is 18.4 Å². The Balaban J connectivity index is 3.57. The van der Waals surface area contributed by atoms with Crippen LogP contribution in [0.5, 0.6) is 0 Å². The Kier molecular flexibility index (Phi) is 2.63. The lowest BCUT2D eigenvalue weighted by molar-refractivity contribution is 0.600. The van der Waals surface area contributed by atoms with Gasteiger partial charge >= 0.3 is 0 Å². The van der Waals surface area contributed by atoms with E-state index in [0.29, 0.717) is 0 Å². The first kappa shape index (κ1) is 10.5. The highest BCUT2D eigenvalue weighted by atomic mass is 79.9. The van der Waals surface area contributed by atoms with Crippen molar-refractivity contribution in [3.8, 4) is 0 Å². The summed E-state index contributed by atoms with van der Waals surface area (Å²) in [7, 11) is -3.42. The fourth-order valence-corrected chi connectivity index (χ4v) is 3.20. The molecule has 0 bridgehead atoms. The van der Waals surface area contributed by atoms with Crippen molar-refractivity contribution in [2.24, 2.45) is 0 Å². The van der Waals surface area contributed by atoms with Crippen LogP contribution in [0.2, 0.25) is 0 Å². The molecule has 1 aromatic carbocycles. The number of rotatable bonds is 1. The van der Waals surface area contributed by atoms with Gasteiger partial charge in [-0.2, -0.15) is 0 Å². The number of halogens is 2. The van der Waals surface area contributed by atoms with Crippen molar-refractivity contribution in [2.75, 3.05) is 12.0 Å². The molecule has 0 saturated carbocycles. The third kappa shape index (κ3) is 2.19. The predicted octanol–water partition coefficient (Wildman–Crippen LogP) is 1.57. The lowest BCUT2D eigenvalue weighted by Crippen LogP contribution is -2.04. The summed E-state index contributed by atoms with van der Waals surface area (Å²) in [5.74, 6) is -0.572. The normalized spacial score (nSPS) is 11.6. The van der Waals surface area contributed by atoms with Crippen LogP contribution >= 0.6 is 15.9 Å². The molecule has 0 atom stereocenters. The van der Waals surface area contributed by atoms with Crippen molar-refractivity contribution in [3.63, 3.8) is 0 Å². The molecule has 6 heteroatoms. The molecule has 1 rings (SSSR count). The van der Waals surface area contributed by atoms with Gasteiger partial charge in [0.1, 0.15) is 10.7 Å². The van der Waals surface area contributed by atoms with Crippen LogP contribution in [-0.4, -0.2) is 14.7 Å². The fourth-order valence-electron chi connectivity index (χ4n) is 0.971. The first-order valence-electron chi connectivity index (χ1n) is 3.27. The third-order valence-corrected chi connectivity index (χ3v) is 3.49. The maximum Gasteiger partial charge on any atom is 0.178 e. The number of anilines is 1. The molecule has 0 spiro atoms. The highest BCUT2D eigenvalue weighted by Crippen LogP contribution is 2.28. The van der Waals surface area contributed by atoms with E-state index in [4.69, 9.17) is 5.73 Å². The zero-order chi connectivity index (χ0) is 10.2. The number of nitrogens with two attached hydrogens (primary N) is 1. The summed E-state index contributed by atoms with van der Waals surface area (Å²) in [4.78, 5) is -0.0751. The maximum absolute atomic E-state index is 12.7. The molecule has 0 saturated heterocycles. The van der Waals surface area contributed by atoms with Gasteiger partial charge in [0.15, 0.2) is 9.84 Å². The van der Waals surface area contributed by atoms with Crippen LogP contribution in [-0.2, 0) is 9.84 Å². The second-order valence-electron chi connectivity index (χ2n) is 2.58. The Morgan fingerprint density at radius 3 is 2.38 bits per heavy atom. The zero-order valence-electron chi connectivity index (χ0n) is 6.71. The molecule has 1 aromatic rings. The number of benzene rings is 1. The highest BCUT2D eigenvalue weighted by Gasteiger charge is 2.16. The van der Waals surface area contributed by atoms with Crippen LogP contribution < -0.4 is 5.73 Å². The van der Waals surface area contributed by atoms with Gasteiger partial charge in [-0.1, -0.05) is 0 Å². The van der Waals surface area contributed by atoms with E-state index >= 15 is 0 Å². The smallest absolute Gasteiger partial charge is 0.178 e. The van der Waals surface area contributed by atoms with Gasteiger partial charge in [-0.3, -0.25) is 0 Å². The van der Waals surface area contributed by atoms with Crippen molar-refractivity contribution in [2.45, 2.75) is 4.90 Å². The number of sulfone groups is 1. The van der Waals surface area contributed by atoms with Gasteiger partial charge in [0.25, 0.3) is 0 Å². The third-order valence-electron chi connectivity index (χ3n) is 1.41. The largest absolute Gasteiger partial charge is 0.398 e. The molecule has 3 nitrogen and oxygen atoms in total. The van der Waals surface area contributed by atoms with Crippen molar-refractivity contribution in [3.05, 3.63) is 22.4 Å². The lowest BCUT2D eigenvalue weighted by atomic mass is 10.3. The van der Waals surface area contributed by atoms with Crippen LogP contribution in [0.4, 0.5) is 10.1 Å². The van der Waals surface area contributed by atoms with Crippen LogP contribution in [0.3, 0.4) is 0 Å². The van der Waals surface area contributed by atoms with Crippen LogP contribution in [0.1, 0.15) is 0 Å². The van der Waals surface area contributed by atoms with Gasteiger partial charge in [-0.25, -0.2) is 12.8 Å². The minimum Gasteiger partial charge on any atom is -0.398 e. The van der Waals surface area contributed by atoms with Gasteiger partial charge in [-0.05, 0) is 28.1 Å². The SMILES string of the molecule is CS(=O)(=O)c1c(N)cc(F)cc1Br. The predicted molar refractivity (Wildman–Crippen MR) is 51.6 cm³/mol. The van der Waals surface area contributed by atoms with Gasteiger partial charge in [0.05, 0.1) is 5.69 Å². The Labute approximate surface area is 83.8 Å². The van der Waals surface area contributed by atoms with Gasteiger partial charge in [-0.15, -0.1) is 0 Å². The lowest BCUT2D eigenvalue weighted by Gasteiger charge is -2.05. The molecule has 0 aliphatic carbocycles. The second kappa shape index (κ2) is 3.26. The van der Waals surface area contributed by atoms with Crippen LogP contribution in [0, 0.1) is 5.82 Å². The monoisotopic (exact) mass is 267 g/mol. The molecule has 0 aliphatic rings. The average molecular weight is 268 g/mol. The molecule has 2 N–H and O–H groups in total. The highest BCUT2D eigenvalue weighted by molar-refractivity contribution is 9.10. The molecule has 0 aliphatic heterocycles. The quantitative estimate of drug-likeness (QED) is 0.621. The molecule has 0 unspecified atom stereocenters. The molecule has 72 valence electrons.